The molecule has 3 nitrogen and oxygen atoms in total. The second-order valence-corrected chi connectivity index (χ2v) is 5.86. The Kier molecular flexibility index (Phi) is 6.69. The molecule has 1 rings (SSSR count). The third-order valence-electron chi connectivity index (χ3n) is 3.86. The molecule has 1 heterocycles. The van der Waals surface area contributed by atoms with Crippen molar-refractivity contribution < 1.29 is 4.79 Å². The number of carbonyl (C=O) groups excluding carboxylic acids is 1. The van der Waals surface area contributed by atoms with E-state index in [9.17, 15) is 4.79 Å². The molecule has 0 radical (unpaired) electrons. The maximum atomic E-state index is 12.2. The average Bonchev–Trinajstić information content (AvgIpc) is 2.60. The van der Waals surface area contributed by atoms with Crippen molar-refractivity contribution in [1.29, 1.82) is 0 Å². The number of unbranched alkanes of at least 4 members (excludes halogenated alkanes) is 5. The first-order valence-corrected chi connectivity index (χ1v) is 7.64. The molecule has 0 aliphatic carbocycles. The summed E-state index contributed by atoms with van der Waals surface area (Å²) in [5.74, 6) is 0.681. The minimum atomic E-state index is 0.0279. The van der Waals surface area contributed by atoms with Crippen molar-refractivity contribution in [2.75, 3.05) is 6.54 Å². The average molecular weight is 254 g/mol. The van der Waals surface area contributed by atoms with E-state index in [0.717, 1.165) is 13.0 Å². The van der Waals surface area contributed by atoms with Crippen LogP contribution in [-0.4, -0.2) is 29.6 Å². The van der Waals surface area contributed by atoms with Gasteiger partial charge in [-0.25, -0.2) is 0 Å². The van der Waals surface area contributed by atoms with E-state index in [0.29, 0.717) is 11.8 Å². The molecule has 1 aliphatic rings. The lowest BCUT2D eigenvalue weighted by Gasteiger charge is -2.20. The highest BCUT2D eigenvalue weighted by Gasteiger charge is 2.37. The number of nitrogens with zero attached hydrogens (tertiary/aromatic N) is 1. The fourth-order valence-corrected chi connectivity index (χ4v) is 2.63. The molecule has 1 aliphatic heterocycles. The Labute approximate surface area is 112 Å². The fourth-order valence-electron chi connectivity index (χ4n) is 2.63. The summed E-state index contributed by atoms with van der Waals surface area (Å²) in [7, 11) is 0. The van der Waals surface area contributed by atoms with E-state index < -0.39 is 0 Å². The highest BCUT2D eigenvalue weighted by molar-refractivity contribution is 5.84. The zero-order valence-electron chi connectivity index (χ0n) is 12.5. The molecular formula is C15H30N2O. The van der Waals surface area contributed by atoms with E-state index in [-0.39, 0.29) is 12.2 Å². The zero-order valence-corrected chi connectivity index (χ0v) is 12.5. The van der Waals surface area contributed by atoms with Crippen molar-refractivity contribution in [3.63, 3.8) is 0 Å². The number of rotatable bonds is 8. The van der Waals surface area contributed by atoms with Gasteiger partial charge < -0.3 is 4.90 Å². The molecule has 0 aromatic carbocycles. The summed E-state index contributed by atoms with van der Waals surface area (Å²) in [6.07, 6.45) is 7.89. The summed E-state index contributed by atoms with van der Waals surface area (Å²) in [4.78, 5) is 14.2. The number of nitrogens with one attached hydrogen (secondary N) is 1. The minimum Gasteiger partial charge on any atom is -0.326 e. The molecule has 1 amide bonds. The monoisotopic (exact) mass is 254 g/mol. The van der Waals surface area contributed by atoms with Gasteiger partial charge in [-0.15, -0.1) is 0 Å². The standard InChI is InChI=1S/C15H30N2O/c1-5-6-7-8-9-10-11-17-13(4)16-14(12(2)3)15(17)18/h12-14,16H,5-11H2,1-4H3. The van der Waals surface area contributed by atoms with Gasteiger partial charge in [0, 0.05) is 6.54 Å². The quantitative estimate of drug-likeness (QED) is 0.675. The highest BCUT2D eigenvalue weighted by atomic mass is 16.2. The van der Waals surface area contributed by atoms with Crippen LogP contribution in [0.4, 0.5) is 0 Å². The van der Waals surface area contributed by atoms with Gasteiger partial charge in [-0.1, -0.05) is 52.9 Å². The number of hydrogen-bond acceptors (Lipinski definition) is 2. The predicted molar refractivity (Wildman–Crippen MR) is 76.3 cm³/mol. The third-order valence-corrected chi connectivity index (χ3v) is 3.86. The maximum absolute atomic E-state index is 12.2. The summed E-state index contributed by atoms with van der Waals surface area (Å²) in [5, 5.41) is 3.39. The van der Waals surface area contributed by atoms with Crippen LogP contribution in [0.15, 0.2) is 0 Å². The second kappa shape index (κ2) is 7.78. The van der Waals surface area contributed by atoms with E-state index in [1.807, 2.05) is 4.90 Å². The van der Waals surface area contributed by atoms with Gasteiger partial charge in [-0.3, -0.25) is 10.1 Å². The molecule has 1 N–H and O–H groups in total. The molecular weight excluding hydrogens is 224 g/mol. The second-order valence-electron chi connectivity index (χ2n) is 5.86. The summed E-state index contributed by atoms with van der Waals surface area (Å²) >= 11 is 0. The summed E-state index contributed by atoms with van der Waals surface area (Å²) in [6.45, 7) is 9.47. The van der Waals surface area contributed by atoms with E-state index in [4.69, 9.17) is 0 Å². The Morgan fingerprint density at radius 3 is 2.33 bits per heavy atom. The van der Waals surface area contributed by atoms with E-state index in [1.54, 1.807) is 0 Å². The van der Waals surface area contributed by atoms with Crippen molar-refractivity contribution in [1.82, 2.24) is 10.2 Å². The molecule has 0 bridgehead atoms. The summed E-state index contributed by atoms with van der Waals surface area (Å²) in [5.41, 5.74) is 0. The molecule has 106 valence electrons. The van der Waals surface area contributed by atoms with Crippen molar-refractivity contribution in [2.24, 2.45) is 5.92 Å². The molecule has 0 saturated carbocycles. The highest BCUT2D eigenvalue weighted by Crippen LogP contribution is 2.17. The first-order valence-electron chi connectivity index (χ1n) is 7.64. The molecule has 1 fully saturated rings. The number of hydrogen-bond donors (Lipinski definition) is 1. The van der Waals surface area contributed by atoms with Crippen molar-refractivity contribution in [3.05, 3.63) is 0 Å². The Balaban J connectivity index is 2.23. The molecule has 0 spiro atoms. The molecule has 0 aromatic rings. The first kappa shape index (κ1) is 15.5. The van der Waals surface area contributed by atoms with Crippen LogP contribution < -0.4 is 5.32 Å². The molecule has 2 unspecified atom stereocenters. The van der Waals surface area contributed by atoms with Crippen LogP contribution in [0.5, 0.6) is 0 Å². The Morgan fingerprint density at radius 1 is 1.17 bits per heavy atom. The van der Waals surface area contributed by atoms with Gasteiger partial charge in [0.05, 0.1) is 12.2 Å². The number of carbonyl (C=O) groups is 1. The van der Waals surface area contributed by atoms with Crippen LogP contribution >= 0.6 is 0 Å². The van der Waals surface area contributed by atoms with Crippen LogP contribution in [0.3, 0.4) is 0 Å². The minimum absolute atomic E-state index is 0.0279. The largest absolute Gasteiger partial charge is 0.326 e. The topological polar surface area (TPSA) is 32.3 Å². The van der Waals surface area contributed by atoms with Gasteiger partial charge in [-0.05, 0) is 19.3 Å². The zero-order chi connectivity index (χ0) is 13.5. The molecule has 1 saturated heterocycles. The Morgan fingerprint density at radius 2 is 1.78 bits per heavy atom. The van der Waals surface area contributed by atoms with E-state index >= 15 is 0 Å². The lowest BCUT2D eigenvalue weighted by Crippen LogP contribution is -2.35. The maximum Gasteiger partial charge on any atom is 0.241 e. The predicted octanol–water partition coefficient (Wildman–Crippen LogP) is 3.15. The van der Waals surface area contributed by atoms with Crippen molar-refractivity contribution in [2.45, 2.75) is 78.4 Å². The SMILES string of the molecule is CCCCCCCCN1C(=O)C(C(C)C)NC1C. The Bertz CT molecular complexity index is 253. The van der Waals surface area contributed by atoms with Crippen LogP contribution in [0.25, 0.3) is 0 Å². The smallest absolute Gasteiger partial charge is 0.241 e. The molecule has 0 aromatic heterocycles. The fraction of sp³-hybridized carbons (Fsp3) is 0.933. The van der Waals surface area contributed by atoms with E-state index in [1.165, 1.54) is 32.1 Å². The summed E-state index contributed by atoms with van der Waals surface area (Å²) in [6, 6.07) is 0.0279. The van der Waals surface area contributed by atoms with Gasteiger partial charge in [-0.2, -0.15) is 0 Å². The third kappa shape index (κ3) is 4.27. The molecule has 18 heavy (non-hydrogen) atoms. The lowest BCUT2D eigenvalue weighted by molar-refractivity contribution is -0.130. The van der Waals surface area contributed by atoms with Crippen LogP contribution in [-0.2, 0) is 4.79 Å². The first-order chi connectivity index (χ1) is 8.57. The van der Waals surface area contributed by atoms with Crippen molar-refractivity contribution >= 4 is 5.91 Å². The van der Waals surface area contributed by atoms with Gasteiger partial charge in [0.15, 0.2) is 0 Å². The van der Waals surface area contributed by atoms with Gasteiger partial charge in [0.25, 0.3) is 0 Å². The molecule has 2 atom stereocenters. The van der Waals surface area contributed by atoms with Crippen LogP contribution in [0, 0.1) is 5.92 Å². The molecule has 3 heteroatoms. The normalized spacial score (nSPS) is 24.3. The summed E-state index contributed by atoms with van der Waals surface area (Å²) < 4.78 is 0. The van der Waals surface area contributed by atoms with Crippen LogP contribution in [0.1, 0.15) is 66.2 Å². The van der Waals surface area contributed by atoms with Gasteiger partial charge in [0.2, 0.25) is 5.91 Å². The van der Waals surface area contributed by atoms with Gasteiger partial charge in [0.1, 0.15) is 0 Å². The Hall–Kier alpha value is -0.570. The van der Waals surface area contributed by atoms with Crippen LogP contribution in [0.2, 0.25) is 0 Å². The lowest BCUT2D eigenvalue weighted by atomic mass is 10.0. The van der Waals surface area contributed by atoms with Crippen molar-refractivity contribution in [3.8, 4) is 0 Å². The van der Waals surface area contributed by atoms with Gasteiger partial charge >= 0.3 is 0 Å². The number of amides is 1. The van der Waals surface area contributed by atoms with E-state index in [2.05, 4.69) is 33.0 Å².